The summed E-state index contributed by atoms with van der Waals surface area (Å²) in [6.45, 7) is 10.1. The lowest BCUT2D eigenvalue weighted by Crippen LogP contribution is -2.46. The van der Waals surface area contributed by atoms with E-state index >= 15 is 0 Å². The normalized spacial score (nSPS) is 27.4. The van der Waals surface area contributed by atoms with Crippen LogP contribution in [0.5, 0.6) is 0 Å². The van der Waals surface area contributed by atoms with E-state index in [1.54, 1.807) is 0 Å². The Hall–Kier alpha value is 0.270. The van der Waals surface area contributed by atoms with Crippen LogP contribution in [-0.4, -0.2) is 35.8 Å². The van der Waals surface area contributed by atoms with Crippen molar-refractivity contribution < 1.29 is 4.74 Å². The van der Waals surface area contributed by atoms with Crippen LogP contribution < -0.4 is 5.32 Å². The molecule has 2 atom stereocenters. The third kappa shape index (κ3) is 4.46. The van der Waals surface area contributed by atoms with Gasteiger partial charge >= 0.3 is 0 Å². The molecular formula is C14H29NOS. The molecule has 0 aliphatic carbocycles. The van der Waals surface area contributed by atoms with Crippen LogP contribution in [0, 0.1) is 0 Å². The third-order valence-electron chi connectivity index (χ3n) is 4.02. The maximum absolute atomic E-state index is 5.53. The third-order valence-corrected chi connectivity index (χ3v) is 5.67. The van der Waals surface area contributed by atoms with Crippen LogP contribution in [0.25, 0.3) is 0 Å². The monoisotopic (exact) mass is 259 g/mol. The summed E-state index contributed by atoms with van der Waals surface area (Å²) in [5, 5.41) is 3.69. The van der Waals surface area contributed by atoms with Gasteiger partial charge in [-0.1, -0.05) is 6.92 Å². The van der Waals surface area contributed by atoms with E-state index in [0.717, 1.165) is 13.0 Å². The topological polar surface area (TPSA) is 21.3 Å². The summed E-state index contributed by atoms with van der Waals surface area (Å²) < 4.78 is 5.96. The van der Waals surface area contributed by atoms with Crippen molar-refractivity contribution in [2.75, 3.05) is 19.4 Å². The van der Waals surface area contributed by atoms with Crippen molar-refractivity contribution in [1.29, 1.82) is 0 Å². The minimum Gasteiger partial charge on any atom is -0.379 e. The smallest absolute Gasteiger partial charge is 0.0623 e. The van der Waals surface area contributed by atoms with Gasteiger partial charge < -0.3 is 10.1 Å². The summed E-state index contributed by atoms with van der Waals surface area (Å²) in [5.74, 6) is 1.33. The van der Waals surface area contributed by atoms with Crippen molar-refractivity contribution in [2.45, 2.75) is 69.8 Å². The van der Waals surface area contributed by atoms with Crippen LogP contribution in [0.4, 0.5) is 0 Å². The van der Waals surface area contributed by atoms with E-state index in [9.17, 15) is 0 Å². The lowest BCUT2D eigenvalue weighted by Gasteiger charge is -2.36. The second kappa shape index (κ2) is 6.44. The first-order chi connectivity index (χ1) is 7.93. The summed E-state index contributed by atoms with van der Waals surface area (Å²) in [4.78, 5) is 0. The molecule has 2 unspecified atom stereocenters. The predicted molar refractivity (Wildman–Crippen MR) is 77.9 cm³/mol. The Bertz CT molecular complexity index is 224. The lowest BCUT2D eigenvalue weighted by atomic mass is 9.89. The summed E-state index contributed by atoms with van der Waals surface area (Å²) in [6.07, 6.45) is 5.05. The summed E-state index contributed by atoms with van der Waals surface area (Å²) in [7, 11) is 1.81. The van der Waals surface area contributed by atoms with Gasteiger partial charge in [-0.25, -0.2) is 0 Å². The van der Waals surface area contributed by atoms with E-state index in [1.165, 1.54) is 25.0 Å². The van der Waals surface area contributed by atoms with E-state index in [1.807, 2.05) is 7.11 Å². The van der Waals surface area contributed by atoms with Crippen LogP contribution in [0.3, 0.4) is 0 Å². The van der Waals surface area contributed by atoms with Crippen LogP contribution in [0.15, 0.2) is 0 Å². The Morgan fingerprint density at radius 3 is 2.65 bits per heavy atom. The van der Waals surface area contributed by atoms with Gasteiger partial charge in [-0.3, -0.25) is 0 Å². The standard InChI is InChI=1S/C14H29NOS/c1-6-15-12(8-10-13(2,3)16-5)14(4)9-7-11-17-14/h12,15H,6-11H2,1-5H3. The minimum atomic E-state index is 0.00724. The van der Waals surface area contributed by atoms with Crippen molar-refractivity contribution >= 4 is 11.8 Å². The fourth-order valence-electron chi connectivity index (χ4n) is 2.54. The largest absolute Gasteiger partial charge is 0.379 e. The molecule has 0 amide bonds. The zero-order valence-corrected chi connectivity index (χ0v) is 13.0. The molecule has 3 heteroatoms. The van der Waals surface area contributed by atoms with E-state index in [-0.39, 0.29) is 5.60 Å². The molecular weight excluding hydrogens is 230 g/mol. The highest BCUT2D eigenvalue weighted by Crippen LogP contribution is 2.42. The van der Waals surface area contributed by atoms with E-state index in [2.05, 4.69) is 44.8 Å². The van der Waals surface area contributed by atoms with Crippen molar-refractivity contribution in [3.05, 3.63) is 0 Å². The Morgan fingerprint density at radius 2 is 2.18 bits per heavy atom. The predicted octanol–water partition coefficient (Wildman–Crippen LogP) is 3.46. The summed E-state index contributed by atoms with van der Waals surface area (Å²) >= 11 is 2.15. The Kier molecular flexibility index (Phi) is 5.81. The number of hydrogen-bond donors (Lipinski definition) is 1. The fourth-order valence-corrected chi connectivity index (χ4v) is 3.99. The average molecular weight is 259 g/mol. The van der Waals surface area contributed by atoms with Gasteiger partial charge in [-0.05, 0) is 58.8 Å². The number of methoxy groups -OCH3 is 1. The molecule has 0 aromatic rings. The van der Waals surface area contributed by atoms with Gasteiger partial charge in [0.15, 0.2) is 0 Å². The minimum absolute atomic E-state index is 0.00724. The molecule has 1 N–H and O–H groups in total. The molecule has 1 aliphatic rings. The van der Waals surface area contributed by atoms with Gasteiger partial charge in [0.2, 0.25) is 0 Å². The molecule has 0 radical (unpaired) electrons. The molecule has 0 aromatic carbocycles. The molecule has 1 fully saturated rings. The molecule has 0 spiro atoms. The first kappa shape index (κ1) is 15.3. The van der Waals surface area contributed by atoms with Gasteiger partial charge in [-0.15, -0.1) is 0 Å². The van der Waals surface area contributed by atoms with Crippen LogP contribution in [-0.2, 0) is 4.74 Å². The molecule has 0 aromatic heterocycles. The second-order valence-electron chi connectivity index (χ2n) is 5.88. The van der Waals surface area contributed by atoms with Crippen molar-refractivity contribution in [2.24, 2.45) is 0 Å². The number of hydrogen-bond acceptors (Lipinski definition) is 3. The van der Waals surface area contributed by atoms with Crippen LogP contribution in [0.2, 0.25) is 0 Å². The highest BCUT2D eigenvalue weighted by molar-refractivity contribution is 8.00. The maximum atomic E-state index is 5.53. The van der Waals surface area contributed by atoms with Crippen molar-refractivity contribution in [1.82, 2.24) is 5.32 Å². The summed E-state index contributed by atoms with van der Waals surface area (Å²) in [6, 6.07) is 0.620. The van der Waals surface area contributed by atoms with Gasteiger partial charge in [0.25, 0.3) is 0 Å². The molecule has 0 bridgehead atoms. The number of thioether (sulfide) groups is 1. The molecule has 102 valence electrons. The zero-order valence-electron chi connectivity index (χ0n) is 12.1. The highest BCUT2D eigenvalue weighted by Gasteiger charge is 2.37. The highest BCUT2D eigenvalue weighted by atomic mass is 32.2. The lowest BCUT2D eigenvalue weighted by molar-refractivity contribution is 0.0109. The van der Waals surface area contributed by atoms with E-state index < -0.39 is 0 Å². The van der Waals surface area contributed by atoms with Crippen molar-refractivity contribution in [3.8, 4) is 0 Å². The average Bonchev–Trinajstić information content (AvgIpc) is 2.72. The van der Waals surface area contributed by atoms with E-state index in [4.69, 9.17) is 4.74 Å². The number of ether oxygens (including phenoxy) is 1. The molecule has 1 aliphatic heterocycles. The van der Waals surface area contributed by atoms with Gasteiger partial charge in [-0.2, -0.15) is 11.8 Å². The quantitative estimate of drug-likeness (QED) is 0.756. The van der Waals surface area contributed by atoms with Gasteiger partial charge in [0, 0.05) is 17.9 Å². The zero-order chi connectivity index (χ0) is 12.9. The first-order valence-electron chi connectivity index (χ1n) is 6.86. The molecule has 1 heterocycles. The van der Waals surface area contributed by atoms with Crippen molar-refractivity contribution in [3.63, 3.8) is 0 Å². The summed E-state index contributed by atoms with van der Waals surface area (Å²) in [5.41, 5.74) is 0.00724. The fraction of sp³-hybridized carbons (Fsp3) is 1.00. The van der Waals surface area contributed by atoms with Gasteiger partial charge in [0.05, 0.1) is 5.60 Å². The van der Waals surface area contributed by atoms with Gasteiger partial charge in [0.1, 0.15) is 0 Å². The maximum Gasteiger partial charge on any atom is 0.0623 e. The number of rotatable bonds is 7. The Balaban J connectivity index is 2.54. The SMILES string of the molecule is CCNC(CCC(C)(C)OC)C1(C)CCCS1. The Morgan fingerprint density at radius 1 is 1.47 bits per heavy atom. The first-order valence-corrected chi connectivity index (χ1v) is 7.84. The van der Waals surface area contributed by atoms with Crippen LogP contribution >= 0.6 is 11.8 Å². The molecule has 2 nitrogen and oxygen atoms in total. The molecule has 1 rings (SSSR count). The van der Waals surface area contributed by atoms with Crippen LogP contribution in [0.1, 0.15) is 53.4 Å². The second-order valence-corrected chi connectivity index (χ2v) is 7.51. The molecule has 17 heavy (non-hydrogen) atoms. The Labute approximate surface area is 111 Å². The number of nitrogens with one attached hydrogen (secondary N) is 1. The molecule has 1 saturated heterocycles. The molecule has 0 saturated carbocycles. The van der Waals surface area contributed by atoms with E-state index in [0.29, 0.717) is 10.8 Å².